The van der Waals surface area contributed by atoms with Gasteiger partial charge in [0, 0.05) is 38.3 Å². The average molecular weight is 299 g/mol. The molecule has 4 nitrogen and oxygen atoms in total. The first-order valence-electron chi connectivity index (χ1n) is 6.46. The molecule has 21 heavy (non-hydrogen) atoms. The molecule has 0 spiro atoms. The van der Waals surface area contributed by atoms with Crippen molar-refractivity contribution in [1.82, 2.24) is 9.55 Å². The fourth-order valence-corrected chi connectivity index (χ4v) is 1.87. The van der Waals surface area contributed by atoms with E-state index in [0.29, 0.717) is 24.8 Å². The summed E-state index contributed by atoms with van der Waals surface area (Å²) in [6.45, 7) is 1.31. The number of anilines is 1. The molecule has 0 aliphatic carbocycles. The van der Waals surface area contributed by atoms with Gasteiger partial charge in [-0.2, -0.15) is 13.2 Å². The van der Waals surface area contributed by atoms with Gasteiger partial charge in [0.25, 0.3) is 0 Å². The molecule has 0 bridgehead atoms. The first-order chi connectivity index (χ1) is 10.0. The minimum absolute atomic E-state index is 0.589. The van der Waals surface area contributed by atoms with Crippen molar-refractivity contribution in [3.63, 3.8) is 0 Å². The Balaban J connectivity index is 2.10. The first-order valence-corrected chi connectivity index (χ1v) is 6.46. The van der Waals surface area contributed by atoms with Crippen LogP contribution in [0.3, 0.4) is 0 Å². The summed E-state index contributed by atoms with van der Waals surface area (Å²) >= 11 is 0. The molecule has 1 aromatic heterocycles. The summed E-state index contributed by atoms with van der Waals surface area (Å²) in [7, 11) is 1.63. The van der Waals surface area contributed by atoms with Gasteiger partial charge >= 0.3 is 6.18 Å². The predicted molar refractivity (Wildman–Crippen MR) is 73.5 cm³/mol. The van der Waals surface area contributed by atoms with Crippen molar-refractivity contribution in [3.05, 3.63) is 42.2 Å². The number of ether oxygens (including phenoxy) is 1. The Morgan fingerprint density at radius 1 is 1.24 bits per heavy atom. The van der Waals surface area contributed by atoms with E-state index in [1.807, 2.05) is 0 Å². The van der Waals surface area contributed by atoms with Gasteiger partial charge in [0.05, 0.1) is 5.56 Å². The number of alkyl halides is 3. The molecule has 1 N–H and O–H groups in total. The molecule has 0 fully saturated rings. The van der Waals surface area contributed by atoms with Crippen LogP contribution in [0.15, 0.2) is 36.7 Å². The van der Waals surface area contributed by atoms with E-state index < -0.39 is 11.7 Å². The Hall–Kier alpha value is -2.02. The number of halogens is 3. The Labute approximate surface area is 120 Å². The number of hydrogen-bond donors (Lipinski definition) is 1. The van der Waals surface area contributed by atoms with Crippen molar-refractivity contribution in [2.45, 2.75) is 12.6 Å². The maximum absolute atomic E-state index is 12.5. The number of nitrogens with one attached hydrogen (secondary N) is 1. The summed E-state index contributed by atoms with van der Waals surface area (Å²) in [6, 6.07) is 4.96. The number of methoxy groups -OCH3 is 1. The molecular formula is C14H16F3N3O. The quantitative estimate of drug-likeness (QED) is 0.832. The van der Waals surface area contributed by atoms with Crippen molar-refractivity contribution < 1.29 is 17.9 Å². The number of nitrogens with zero attached hydrogens (tertiary/aromatic N) is 2. The summed E-state index contributed by atoms with van der Waals surface area (Å²) < 4.78 is 44.3. The van der Waals surface area contributed by atoms with E-state index >= 15 is 0 Å². The zero-order chi connectivity index (χ0) is 15.3. The molecule has 0 aliphatic heterocycles. The van der Waals surface area contributed by atoms with Crippen LogP contribution in [0, 0.1) is 0 Å². The second-order valence-electron chi connectivity index (χ2n) is 4.44. The van der Waals surface area contributed by atoms with Crippen LogP contribution >= 0.6 is 0 Å². The smallest absolute Gasteiger partial charge is 0.385 e. The second-order valence-corrected chi connectivity index (χ2v) is 4.44. The normalized spacial score (nSPS) is 11.6. The first kappa shape index (κ1) is 15.4. The summed E-state index contributed by atoms with van der Waals surface area (Å²) in [4.78, 5) is 4.15. The van der Waals surface area contributed by atoms with Crippen molar-refractivity contribution in [1.29, 1.82) is 0 Å². The van der Waals surface area contributed by atoms with Crippen LogP contribution < -0.4 is 5.32 Å². The molecule has 114 valence electrons. The van der Waals surface area contributed by atoms with Crippen molar-refractivity contribution >= 4 is 5.95 Å². The SMILES string of the molecule is COCCCNc1nccn1-c1ccc(C(F)(F)F)cc1. The van der Waals surface area contributed by atoms with E-state index in [1.54, 1.807) is 24.1 Å². The Kier molecular flexibility index (Phi) is 4.85. The van der Waals surface area contributed by atoms with Crippen LogP contribution in [0.25, 0.3) is 5.69 Å². The molecule has 2 aromatic rings. The summed E-state index contributed by atoms with van der Waals surface area (Å²) in [6.07, 6.45) is -0.220. The zero-order valence-corrected chi connectivity index (χ0v) is 11.5. The van der Waals surface area contributed by atoms with Gasteiger partial charge in [0.2, 0.25) is 5.95 Å². The lowest BCUT2D eigenvalue weighted by molar-refractivity contribution is -0.137. The maximum Gasteiger partial charge on any atom is 0.416 e. The molecule has 1 aromatic carbocycles. The summed E-state index contributed by atoms with van der Waals surface area (Å²) in [5.41, 5.74) is -0.0456. The van der Waals surface area contributed by atoms with Crippen molar-refractivity contribution in [2.24, 2.45) is 0 Å². The van der Waals surface area contributed by atoms with Crippen LogP contribution in [0.5, 0.6) is 0 Å². The highest BCUT2D eigenvalue weighted by atomic mass is 19.4. The van der Waals surface area contributed by atoms with E-state index in [-0.39, 0.29) is 0 Å². The molecule has 0 radical (unpaired) electrons. The number of imidazole rings is 1. The van der Waals surface area contributed by atoms with Crippen LogP contribution in [0.2, 0.25) is 0 Å². The second kappa shape index (κ2) is 6.62. The number of rotatable bonds is 6. The highest BCUT2D eigenvalue weighted by Gasteiger charge is 2.30. The van der Waals surface area contributed by atoms with Gasteiger partial charge in [0.1, 0.15) is 0 Å². The van der Waals surface area contributed by atoms with E-state index in [9.17, 15) is 13.2 Å². The monoisotopic (exact) mass is 299 g/mol. The van der Waals surface area contributed by atoms with Crippen molar-refractivity contribution in [3.8, 4) is 5.69 Å². The zero-order valence-electron chi connectivity index (χ0n) is 11.5. The molecule has 2 rings (SSSR count). The third-order valence-corrected chi connectivity index (χ3v) is 2.92. The molecule has 0 amide bonds. The van der Waals surface area contributed by atoms with Gasteiger partial charge in [-0.1, -0.05) is 0 Å². The van der Waals surface area contributed by atoms with E-state index in [0.717, 1.165) is 18.6 Å². The number of aromatic nitrogens is 2. The topological polar surface area (TPSA) is 39.1 Å². The van der Waals surface area contributed by atoms with Crippen LogP contribution in [-0.4, -0.2) is 29.8 Å². The highest BCUT2D eigenvalue weighted by molar-refractivity contribution is 5.43. The average Bonchev–Trinajstić information content (AvgIpc) is 2.91. The molecule has 1 heterocycles. The van der Waals surface area contributed by atoms with Gasteiger partial charge in [0.15, 0.2) is 0 Å². The fourth-order valence-electron chi connectivity index (χ4n) is 1.87. The predicted octanol–water partition coefficient (Wildman–Crippen LogP) is 3.34. The minimum Gasteiger partial charge on any atom is -0.385 e. The van der Waals surface area contributed by atoms with E-state index in [1.165, 1.54) is 12.1 Å². The molecule has 0 atom stereocenters. The van der Waals surface area contributed by atoms with Gasteiger partial charge in [-0.25, -0.2) is 4.98 Å². The summed E-state index contributed by atoms with van der Waals surface area (Å²) in [5, 5.41) is 3.12. The van der Waals surface area contributed by atoms with E-state index in [4.69, 9.17) is 4.74 Å². The van der Waals surface area contributed by atoms with Crippen LogP contribution in [0.4, 0.5) is 19.1 Å². The third kappa shape index (κ3) is 3.98. The Morgan fingerprint density at radius 3 is 2.57 bits per heavy atom. The lowest BCUT2D eigenvalue weighted by atomic mass is 10.2. The molecule has 0 saturated carbocycles. The Morgan fingerprint density at radius 2 is 1.95 bits per heavy atom. The third-order valence-electron chi connectivity index (χ3n) is 2.92. The molecule has 0 saturated heterocycles. The molecule has 0 aliphatic rings. The fraction of sp³-hybridized carbons (Fsp3) is 0.357. The van der Waals surface area contributed by atoms with Crippen LogP contribution in [0.1, 0.15) is 12.0 Å². The van der Waals surface area contributed by atoms with Gasteiger partial charge in [-0.15, -0.1) is 0 Å². The van der Waals surface area contributed by atoms with Gasteiger partial charge in [-0.05, 0) is 30.7 Å². The highest BCUT2D eigenvalue weighted by Crippen LogP contribution is 2.29. The standard InChI is InChI=1S/C14H16F3N3O/c1-21-10-2-7-18-13-19-8-9-20(13)12-5-3-11(4-6-12)14(15,16)17/h3-6,8-9H,2,7,10H2,1H3,(H,18,19). The lowest BCUT2D eigenvalue weighted by Gasteiger charge is -2.11. The van der Waals surface area contributed by atoms with Crippen molar-refractivity contribution in [2.75, 3.05) is 25.6 Å². The van der Waals surface area contributed by atoms with Crippen LogP contribution in [-0.2, 0) is 10.9 Å². The lowest BCUT2D eigenvalue weighted by Crippen LogP contribution is -2.10. The maximum atomic E-state index is 12.5. The largest absolute Gasteiger partial charge is 0.416 e. The molecule has 7 heteroatoms. The number of hydrogen-bond acceptors (Lipinski definition) is 3. The molecular weight excluding hydrogens is 283 g/mol. The number of benzene rings is 1. The summed E-state index contributed by atoms with van der Waals surface area (Å²) in [5.74, 6) is 0.589. The van der Waals surface area contributed by atoms with Gasteiger partial charge in [-0.3, -0.25) is 4.57 Å². The van der Waals surface area contributed by atoms with Gasteiger partial charge < -0.3 is 10.1 Å². The minimum atomic E-state index is -4.32. The van der Waals surface area contributed by atoms with E-state index in [2.05, 4.69) is 10.3 Å². The molecule has 0 unspecified atom stereocenters. The Bertz CT molecular complexity index is 564.